The summed E-state index contributed by atoms with van der Waals surface area (Å²) in [4.78, 5) is 23.6. The van der Waals surface area contributed by atoms with E-state index >= 15 is 0 Å². The molecule has 0 aliphatic rings. The van der Waals surface area contributed by atoms with Crippen LogP contribution >= 0.6 is 0 Å². The zero-order chi connectivity index (χ0) is 19.5. The highest BCUT2D eigenvalue weighted by Gasteiger charge is 2.19. The van der Waals surface area contributed by atoms with Crippen molar-refractivity contribution in [2.45, 2.75) is 26.8 Å². The molecule has 0 heterocycles. The van der Waals surface area contributed by atoms with E-state index < -0.39 is 36.0 Å². The monoisotopic (exact) mass is 269 g/mol. The standard InChI is InChI=1S/C15H21NO3/c1-11-4-6-13(7-5-11)9-16-15(18)14(10-19-3)8-12(2)17/h4-7,14H,8-10H2,1-3H3,(H,16,18)/i4D,5D,6D,7D,9D2. The first-order chi connectivity index (χ1) is 11.4. The molecule has 0 fully saturated rings. The lowest BCUT2D eigenvalue weighted by atomic mass is 10.0. The van der Waals surface area contributed by atoms with Gasteiger partial charge in [-0.1, -0.05) is 29.7 Å². The molecule has 0 radical (unpaired) electrons. The quantitative estimate of drug-likeness (QED) is 0.822. The Morgan fingerprint density at radius 3 is 2.58 bits per heavy atom. The molecule has 1 atom stereocenters. The molecule has 1 rings (SSSR count). The summed E-state index contributed by atoms with van der Waals surface area (Å²) in [5.41, 5.74) is -0.463. The maximum absolute atomic E-state index is 12.3. The van der Waals surface area contributed by atoms with Gasteiger partial charge in [-0.3, -0.25) is 4.79 Å². The van der Waals surface area contributed by atoms with E-state index in [4.69, 9.17) is 13.0 Å². The second-order valence-corrected chi connectivity index (χ2v) is 4.17. The Morgan fingerprint density at radius 1 is 1.42 bits per heavy atom. The lowest BCUT2D eigenvalue weighted by Crippen LogP contribution is -2.33. The van der Waals surface area contributed by atoms with E-state index in [1.807, 2.05) is 0 Å². The number of carbonyl (C=O) groups excluding carboxylic acids is 2. The lowest BCUT2D eigenvalue weighted by molar-refractivity contribution is -0.130. The van der Waals surface area contributed by atoms with Gasteiger partial charge in [0.15, 0.2) is 0 Å². The predicted octanol–water partition coefficient (Wildman–Crippen LogP) is 1.85. The molecule has 0 bridgehead atoms. The number of hydrogen-bond donors (Lipinski definition) is 1. The summed E-state index contributed by atoms with van der Waals surface area (Å²) >= 11 is 0. The van der Waals surface area contributed by atoms with Crippen molar-refractivity contribution >= 4 is 11.7 Å². The van der Waals surface area contributed by atoms with Crippen molar-refractivity contribution < 1.29 is 22.6 Å². The summed E-state index contributed by atoms with van der Waals surface area (Å²) in [6.45, 7) is -0.0369. The maximum atomic E-state index is 12.3. The number of hydrogen-bond acceptors (Lipinski definition) is 3. The summed E-state index contributed by atoms with van der Waals surface area (Å²) in [5.74, 6) is -1.99. The van der Waals surface area contributed by atoms with Gasteiger partial charge in [0, 0.05) is 20.0 Å². The average molecular weight is 269 g/mol. The molecule has 104 valence electrons. The van der Waals surface area contributed by atoms with Gasteiger partial charge in [0.05, 0.1) is 20.7 Å². The summed E-state index contributed by atoms with van der Waals surface area (Å²) in [5, 5.41) is 2.07. The van der Waals surface area contributed by atoms with Crippen LogP contribution in [0, 0.1) is 12.8 Å². The summed E-state index contributed by atoms with van der Waals surface area (Å²) in [7, 11) is 1.34. The fourth-order valence-electron chi connectivity index (χ4n) is 1.44. The van der Waals surface area contributed by atoms with Crippen molar-refractivity contribution in [3.63, 3.8) is 0 Å². The van der Waals surface area contributed by atoms with E-state index in [9.17, 15) is 9.59 Å². The van der Waals surface area contributed by atoms with Crippen LogP contribution < -0.4 is 5.32 Å². The summed E-state index contributed by atoms with van der Waals surface area (Å²) in [6, 6.07) is -1.85. The van der Waals surface area contributed by atoms with Crippen LogP contribution in [0.25, 0.3) is 0 Å². The highest BCUT2D eigenvalue weighted by molar-refractivity contribution is 5.85. The molecule has 1 unspecified atom stereocenters. The van der Waals surface area contributed by atoms with Gasteiger partial charge in [0.2, 0.25) is 5.91 Å². The van der Waals surface area contributed by atoms with Gasteiger partial charge in [0.25, 0.3) is 0 Å². The first-order valence-electron chi connectivity index (χ1n) is 8.81. The van der Waals surface area contributed by atoms with Gasteiger partial charge in [0.1, 0.15) is 5.78 Å². The molecule has 1 aromatic carbocycles. The molecule has 0 spiro atoms. The van der Waals surface area contributed by atoms with Crippen LogP contribution in [0.5, 0.6) is 0 Å². The van der Waals surface area contributed by atoms with E-state index in [0.29, 0.717) is 0 Å². The van der Waals surface area contributed by atoms with Crippen LogP contribution in [0.2, 0.25) is 0 Å². The smallest absolute Gasteiger partial charge is 0.226 e. The van der Waals surface area contributed by atoms with Crippen LogP contribution in [0.15, 0.2) is 24.2 Å². The fourth-order valence-corrected chi connectivity index (χ4v) is 1.44. The van der Waals surface area contributed by atoms with E-state index in [-0.39, 0.29) is 36.5 Å². The van der Waals surface area contributed by atoms with Crippen LogP contribution in [0.1, 0.15) is 32.7 Å². The molecule has 4 heteroatoms. The Labute approximate surface area is 122 Å². The Bertz CT molecular complexity index is 663. The molecule has 0 aromatic heterocycles. The van der Waals surface area contributed by atoms with Gasteiger partial charge >= 0.3 is 0 Å². The second kappa shape index (κ2) is 7.69. The van der Waals surface area contributed by atoms with Crippen LogP contribution in [0.3, 0.4) is 0 Å². The Kier molecular flexibility index (Phi) is 3.43. The van der Waals surface area contributed by atoms with Crippen molar-refractivity contribution in [1.29, 1.82) is 0 Å². The van der Waals surface area contributed by atoms with Gasteiger partial charge in [-0.05, 0) is 19.4 Å². The summed E-state index contributed by atoms with van der Waals surface area (Å²) < 4.78 is 52.4. The van der Waals surface area contributed by atoms with E-state index in [0.717, 1.165) is 0 Å². The first kappa shape index (κ1) is 8.48. The number of ketones is 1. The number of amides is 1. The second-order valence-electron chi connectivity index (χ2n) is 4.17. The van der Waals surface area contributed by atoms with Gasteiger partial charge in [-0.15, -0.1) is 0 Å². The molecule has 0 saturated carbocycles. The number of methoxy groups -OCH3 is 1. The molecular weight excluding hydrogens is 242 g/mol. The molecule has 1 N–H and O–H groups in total. The largest absolute Gasteiger partial charge is 0.384 e. The number of rotatable bonds is 7. The lowest BCUT2D eigenvalue weighted by Gasteiger charge is -2.14. The zero-order valence-electron chi connectivity index (χ0n) is 17.2. The van der Waals surface area contributed by atoms with E-state index in [2.05, 4.69) is 5.32 Å². The highest BCUT2D eigenvalue weighted by atomic mass is 16.5. The van der Waals surface area contributed by atoms with E-state index in [1.165, 1.54) is 21.0 Å². The van der Waals surface area contributed by atoms with Crippen molar-refractivity contribution in [2.75, 3.05) is 13.7 Å². The number of nitrogens with one attached hydrogen (secondary N) is 1. The van der Waals surface area contributed by atoms with Crippen molar-refractivity contribution in [3.8, 4) is 0 Å². The Morgan fingerprint density at radius 2 is 2.05 bits per heavy atom. The van der Waals surface area contributed by atoms with Crippen molar-refractivity contribution in [3.05, 3.63) is 35.3 Å². The highest BCUT2D eigenvalue weighted by Crippen LogP contribution is 2.07. The maximum Gasteiger partial charge on any atom is 0.226 e. The minimum absolute atomic E-state index is 0.0923. The van der Waals surface area contributed by atoms with Gasteiger partial charge < -0.3 is 14.8 Å². The van der Waals surface area contributed by atoms with Crippen LogP contribution in [-0.2, 0) is 20.8 Å². The SMILES string of the molecule is [2H]c1c([2H])c(C([2H])([2H])NC(=O)C(COC)CC(C)=O)c([2H])c([2H])c1C. The normalized spacial score (nSPS) is 17.2. The number of benzene rings is 1. The minimum Gasteiger partial charge on any atom is -0.384 e. The molecule has 1 aromatic rings. The molecule has 0 aliphatic carbocycles. The van der Waals surface area contributed by atoms with Gasteiger partial charge in [-0.25, -0.2) is 0 Å². The Balaban J connectivity index is 3.25. The number of Topliss-reactive ketones (excluding diaryl/α,β-unsaturated/α-hetero) is 1. The van der Waals surface area contributed by atoms with Crippen LogP contribution in [-0.4, -0.2) is 25.4 Å². The molecule has 19 heavy (non-hydrogen) atoms. The van der Waals surface area contributed by atoms with Crippen molar-refractivity contribution in [1.82, 2.24) is 5.32 Å². The molecule has 0 aliphatic heterocycles. The van der Waals surface area contributed by atoms with Crippen molar-refractivity contribution in [2.24, 2.45) is 5.92 Å². The fraction of sp³-hybridized carbons (Fsp3) is 0.467. The average Bonchev–Trinajstić information content (AvgIpc) is 2.49. The Hall–Kier alpha value is -1.68. The number of ether oxygens (including phenoxy) is 1. The molecule has 1 amide bonds. The first-order valence-corrected chi connectivity index (χ1v) is 5.81. The van der Waals surface area contributed by atoms with E-state index in [1.54, 1.807) is 0 Å². The third-order valence-corrected chi connectivity index (χ3v) is 2.33. The predicted molar refractivity (Wildman–Crippen MR) is 73.7 cm³/mol. The molecule has 4 nitrogen and oxygen atoms in total. The number of carbonyl (C=O) groups is 2. The topological polar surface area (TPSA) is 55.4 Å². The minimum atomic E-state index is -2.65. The third-order valence-electron chi connectivity index (χ3n) is 2.33. The third kappa shape index (κ3) is 5.66. The van der Waals surface area contributed by atoms with Gasteiger partial charge in [-0.2, -0.15) is 0 Å². The van der Waals surface area contributed by atoms with Crippen LogP contribution in [0.4, 0.5) is 0 Å². The molecule has 0 saturated heterocycles. The summed E-state index contributed by atoms with van der Waals surface area (Å²) in [6.07, 6.45) is -0.140. The molecular formula is C15H21NO3. The zero-order valence-corrected chi connectivity index (χ0v) is 11.2.